The summed E-state index contributed by atoms with van der Waals surface area (Å²) in [5, 5.41) is 9.40. The number of halogens is 2. The van der Waals surface area contributed by atoms with E-state index in [2.05, 4.69) is 4.72 Å². The summed E-state index contributed by atoms with van der Waals surface area (Å²) < 4.78 is 26.8. The molecule has 0 unspecified atom stereocenters. The average molecular weight is 342 g/mol. The molecule has 0 heterocycles. The number of nitrogens with zero attached hydrogens (tertiary/aromatic N) is 1. The monoisotopic (exact) mass is 341 g/mol. The molecule has 0 amide bonds. The first kappa shape index (κ1) is 15.4. The molecule has 0 saturated carbocycles. The van der Waals surface area contributed by atoms with Crippen LogP contribution in [0.1, 0.15) is 5.56 Å². The van der Waals surface area contributed by atoms with Crippen molar-refractivity contribution in [1.29, 1.82) is 5.26 Å². The van der Waals surface area contributed by atoms with Gasteiger partial charge in [0.25, 0.3) is 10.0 Å². The van der Waals surface area contributed by atoms with Gasteiger partial charge in [-0.3, -0.25) is 4.72 Å². The molecule has 0 saturated heterocycles. The summed E-state index contributed by atoms with van der Waals surface area (Å²) in [5.41, 5.74) is 6.15. The van der Waals surface area contributed by atoms with Gasteiger partial charge in [0.1, 0.15) is 6.07 Å². The van der Waals surface area contributed by atoms with Crippen LogP contribution < -0.4 is 10.5 Å². The van der Waals surface area contributed by atoms with Crippen molar-refractivity contribution in [3.05, 3.63) is 52.0 Å². The lowest BCUT2D eigenvalue weighted by Gasteiger charge is -2.09. The number of nitrogens with one attached hydrogen (secondary N) is 1. The van der Waals surface area contributed by atoms with Gasteiger partial charge in [-0.1, -0.05) is 23.2 Å². The number of anilines is 2. The molecule has 0 aliphatic carbocycles. The van der Waals surface area contributed by atoms with Gasteiger partial charge in [0.2, 0.25) is 0 Å². The lowest BCUT2D eigenvalue weighted by atomic mass is 10.2. The maximum absolute atomic E-state index is 12.2. The van der Waals surface area contributed by atoms with E-state index in [9.17, 15) is 8.42 Å². The molecule has 0 aliphatic rings. The van der Waals surface area contributed by atoms with Crippen LogP contribution in [0.3, 0.4) is 0 Å². The van der Waals surface area contributed by atoms with Crippen molar-refractivity contribution < 1.29 is 8.42 Å². The maximum Gasteiger partial charge on any atom is 0.261 e. The molecule has 0 spiro atoms. The summed E-state index contributed by atoms with van der Waals surface area (Å²) in [4.78, 5) is -0.0298. The van der Waals surface area contributed by atoms with Crippen molar-refractivity contribution in [2.75, 3.05) is 10.5 Å². The zero-order valence-corrected chi connectivity index (χ0v) is 12.8. The maximum atomic E-state index is 12.2. The molecule has 5 nitrogen and oxygen atoms in total. The molecule has 0 atom stereocenters. The molecule has 2 rings (SSSR count). The fourth-order valence-electron chi connectivity index (χ4n) is 1.58. The summed E-state index contributed by atoms with van der Waals surface area (Å²) in [6.45, 7) is 0. The first-order chi connectivity index (χ1) is 9.83. The SMILES string of the molecule is N#Cc1cc(NS(=O)(=O)c2ccc(Cl)c(N)c2)ccc1Cl. The number of nitrogen functional groups attached to an aromatic ring is 1. The van der Waals surface area contributed by atoms with Crippen molar-refractivity contribution in [3.8, 4) is 6.07 Å². The van der Waals surface area contributed by atoms with Gasteiger partial charge in [0, 0.05) is 0 Å². The Labute approximate surface area is 132 Å². The van der Waals surface area contributed by atoms with Crippen LogP contribution in [0.25, 0.3) is 0 Å². The molecule has 0 aliphatic heterocycles. The van der Waals surface area contributed by atoms with Crippen molar-refractivity contribution in [3.63, 3.8) is 0 Å². The standard InChI is InChI=1S/C13H9Cl2N3O2S/c14-11-3-1-9(5-8(11)7-16)18-21(19,20)10-2-4-12(15)13(17)6-10/h1-6,18H,17H2. The topological polar surface area (TPSA) is 96.0 Å². The summed E-state index contributed by atoms with van der Waals surface area (Å²) >= 11 is 11.5. The lowest BCUT2D eigenvalue weighted by molar-refractivity contribution is 0.601. The minimum atomic E-state index is -3.83. The van der Waals surface area contributed by atoms with Crippen LogP contribution >= 0.6 is 23.2 Å². The second-order valence-electron chi connectivity index (χ2n) is 4.10. The third kappa shape index (κ3) is 3.39. The first-order valence-electron chi connectivity index (χ1n) is 5.61. The summed E-state index contributed by atoms with van der Waals surface area (Å²) in [5.74, 6) is 0. The number of rotatable bonds is 3. The van der Waals surface area contributed by atoms with E-state index in [1.165, 1.54) is 36.4 Å². The molecule has 3 N–H and O–H groups in total. The number of nitriles is 1. The number of nitrogens with two attached hydrogens (primary N) is 1. The Morgan fingerprint density at radius 2 is 1.76 bits per heavy atom. The highest BCUT2D eigenvalue weighted by Crippen LogP contribution is 2.25. The van der Waals surface area contributed by atoms with Crippen molar-refractivity contribution in [2.45, 2.75) is 4.90 Å². The highest BCUT2D eigenvalue weighted by atomic mass is 35.5. The Balaban J connectivity index is 2.37. The highest BCUT2D eigenvalue weighted by Gasteiger charge is 2.16. The van der Waals surface area contributed by atoms with E-state index in [0.29, 0.717) is 0 Å². The molecule has 21 heavy (non-hydrogen) atoms. The smallest absolute Gasteiger partial charge is 0.261 e. The summed E-state index contributed by atoms with van der Waals surface area (Å²) in [6.07, 6.45) is 0. The third-order valence-corrected chi connectivity index (χ3v) is 4.67. The van der Waals surface area contributed by atoms with Gasteiger partial charge in [-0.2, -0.15) is 5.26 Å². The van der Waals surface area contributed by atoms with Crippen LogP contribution in [0.15, 0.2) is 41.3 Å². The summed E-state index contributed by atoms with van der Waals surface area (Å²) in [6, 6.07) is 10.1. The average Bonchev–Trinajstić information content (AvgIpc) is 2.43. The van der Waals surface area contributed by atoms with Gasteiger partial charge in [0.05, 0.1) is 31.9 Å². The predicted octanol–water partition coefficient (Wildman–Crippen LogP) is 3.25. The van der Waals surface area contributed by atoms with E-state index in [4.69, 9.17) is 34.2 Å². The Bertz CT molecular complexity index is 845. The van der Waals surface area contributed by atoms with E-state index in [1.807, 2.05) is 6.07 Å². The van der Waals surface area contributed by atoms with Crippen LogP contribution in [0.2, 0.25) is 10.0 Å². The van der Waals surface area contributed by atoms with Crippen molar-refractivity contribution >= 4 is 44.6 Å². The molecule has 2 aromatic carbocycles. The Hall–Kier alpha value is -1.94. The predicted molar refractivity (Wildman–Crippen MR) is 82.8 cm³/mol. The van der Waals surface area contributed by atoms with Crippen LogP contribution in [-0.2, 0) is 10.0 Å². The minimum Gasteiger partial charge on any atom is -0.397 e. The number of sulfonamides is 1. The second-order valence-corrected chi connectivity index (χ2v) is 6.59. The van der Waals surface area contributed by atoms with Gasteiger partial charge in [0.15, 0.2) is 0 Å². The highest BCUT2D eigenvalue weighted by molar-refractivity contribution is 7.92. The second kappa shape index (κ2) is 5.82. The Morgan fingerprint density at radius 3 is 2.38 bits per heavy atom. The first-order valence-corrected chi connectivity index (χ1v) is 7.85. The van der Waals surface area contributed by atoms with Gasteiger partial charge < -0.3 is 5.73 Å². The third-order valence-electron chi connectivity index (χ3n) is 2.62. The normalized spacial score (nSPS) is 10.9. The van der Waals surface area contributed by atoms with Gasteiger partial charge in [-0.15, -0.1) is 0 Å². The van der Waals surface area contributed by atoms with Crippen LogP contribution in [0.5, 0.6) is 0 Å². The molecule has 0 fully saturated rings. The van der Waals surface area contributed by atoms with Crippen LogP contribution in [0.4, 0.5) is 11.4 Å². The largest absolute Gasteiger partial charge is 0.397 e. The zero-order chi connectivity index (χ0) is 15.6. The molecule has 2 aromatic rings. The lowest BCUT2D eigenvalue weighted by Crippen LogP contribution is -2.13. The quantitative estimate of drug-likeness (QED) is 0.837. The molecule has 0 radical (unpaired) electrons. The van der Waals surface area contributed by atoms with E-state index < -0.39 is 10.0 Å². The van der Waals surface area contributed by atoms with Crippen LogP contribution in [-0.4, -0.2) is 8.42 Å². The van der Waals surface area contributed by atoms with Gasteiger partial charge in [-0.05, 0) is 36.4 Å². The van der Waals surface area contributed by atoms with E-state index in [-0.39, 0.29) is 31.9 Å². The molecule has 8 heteroatoms. The minimum absolute atomic E-state index is 0.0298. The molecular weight excluding hydrogens is 333 g/mol. The molecule has 0 aromatic heterocycles. The fraction of sp³-hybridized carbons (Fsp3) is 0. The molecule has 108 valence electrons. The number of hydrogen-bond acceptors (Lipinski definition) is 4. The van der Waals surface area contributed by atoms with E-state index in [0.717, 1.165) is 0 Å². The molecular formula is C13H9Cl2N3O2S. The number of benzene rings is 2. The van der Waals surface area contributed by atoms with E-state index >= 15 is 0 Å². The van der Waals surface area contributed by atoms with Crippen molar-refractivity contribution in [1.82, 2.24) is 0 Å². The Kier molecular flexibility index (Phi) is 4.28. The Morgan fingerprint density at radius 1 is 1.10 bits per heavy atom. The molecule has 0 bridgehead atoms. The van der Waals surface area contributed by atoms with Crippen LogP contribution in [0, 0.1) is 11.3 Å². The van der Waals surface area contributed by atoms with Crippen molar-refractivity contribution in [2.24, 2.45) is 0 Å². The zero-order valence-electron chi connectivity index (χ0n) is 10.5. The number of hydrogen-bond donors (Lipinski definition) is 2. The van der Waals surface area contributed by atoms with Gasteiger partial charge >= 0.3 is 0 Å². The van der Waals surface area contributed by atoms with Gasteiger partial charge in [-0.25, -0.2) is 8.42 Å². The fourth-order valence-corrected chi connectivity index (χ4v) is 2.94. The van der Waals surface area contributed by atoms with E-state index in [1.54, 1.807) is 0 Å². The summed E-state index contributed by atoms with van der Waals surface area (Å²) in [7, 11) is -3.83.